The number of rotatable bonds is 4. The lowest BCUT2D eigenvalue weighted by molar-refractivity contribution is 0.0926. The molecule has 5 heteroatoms. The Balaban J connectivity index is 2.55. The van der Waals surface area contributed by atoms with Crippen LogP contribution in [0.3, 0.4) is 0 Å². The highest BCUT2D eigenvalue weighted by atomic mass is 79.9. The van der Waals surface area contributed by atoms with E-state index in [-0.39, 0.29) is 6.10 Å². The van der Waals surface area contributed by atoms with Gasteiger partial charge in [-0.15, -0.1) is 0 Å². The van der Waals surface area contributed by atoms with Crippen LogP contribution in [0.25, 0.3) is 11.3 Å². The molecule has 3 nitrogen and oxygen atoms in total. The molecule has 2 rings (SSSR count). The fraction of sp³-hybridized carbons (Fsp3) is 0.286. The van der Waals surface area contributed by atoms with Crippen molar-refractivity contribution in [3.63, 3.8) is 0 Å². The molecule has 0 amide bonds. The summed E-state index contributed by atoms with van der Waals surface area (Å²) in [4.78, 5) is 8.86. The summed E-state index contributed by atoms with van der Waals surface area (Å²) >= 11 is 9.62. The standard InChI is InChI=1S/C14H14BrClN2O/c1-3-10(19-2)14-17-12(11(15)13(16)18-14)9-7-5-4-6-8-9/h4-8,10H,3H2,1-2H3. The average molecular weight is 342 g/mol. The van der Waals surface area contributed by atoms with Crippen LogP contribution in [0.15, 0.2) is 34.8 Å². The van der Waals surface area contributed by atoms with Gasteiger partial charge in [-0.25, -0.2) is 9.97 Å². The predicted molar refractivity (Wildman–Crippen MR) is 80.2 cm³/mol. The molecule has 0 spiro atoms. The fourth-order valence-electron chi connectivity index (χ4n) is 1.82. The van der Waals surface area contributed by atoms with Crippen molar-refractivity contribution in [1.29, 1.82) is 0 Å². The Kier molecular flexibility index (Phi) is 4.91. The molecule has 0 saturated carbocycles. The molecule has 2 aromatic rings. The van der Waals surface area contributed by atoms with Crippen molar-refractivity contribution in [2.24, 2.45) is 0 Å². The Morgan fingerprint density at radius 3 is 2.53 bits per heavy atom. The van der Waals surface area contributed by atoms with Gasteiger partial charge in [0.2, 0.25) is 0 Å². The zero-order valence-electron chi connectivity index (χ0n) is 10.7. The first-order valence-electron chi connectivity index (χ1n) is 5.98. The Labute approximate surface area is 126 Å². The minimum Gasteiger partial charge on any atom is -0.373 e. The third-order valence-electron chi connectivity index (χ3n) is 2.82. The van der Waals surface area contributed by atoms with Gasteiger partial charge in [0.05, 0.1) is 10.2 Å². The Hall–Kier alpha value is -0.970. The largest absolute Gasteiger partial charge is 0.373 e. The molecule has 0 bridgehead atoms. The van der Waals surface area contributed by atoms with Gasteiger partial charge >= 0.3 is 0 Å². The lowest BCUT2D eigenvalue weighted by Gasteiger charge is -2.14. The summed E-state index contributed by atoms with van der Waals surface area (Å²) in [5, 5.41) is 0.402. The zero-order chi connectivity index (χ0) is 13.8. The second-order valence-electron chi connectivity index (χ2n) is 4.03. The highest BCUT2D eigenvalue weighted by Crippen LogP contribution is 2.33. The third-order valence-corrected chi connectivity index (χ3v) is 4.07. The molecule has 0 aliphatic rings. The van der Waals surface area contributed by atoms with Crippen molar-refractivity contribution < 1.29 is 4.74 Å². The lowest BCUT2D eigenvalue weighted by atomic mass is 10.1. The molecule has 100 valence electrons. The highest BCUT2D eigenvalue weighted by Gasteiger charge is 2.17. The van der Waals surface area contributed by atoms with Crippen LogP contribution in [-0.2, 0) is 4.74 Å². The topological polar surface area (TPSA) is 35.0 Å². The second-order valence-corrected chi connectivity index (χ2v) is 5.18. The van der Waals surface area contributed by atoms with Crippen LogP contribution >= 0.6 is 27.5 Å². The first-order valence-corrected chi connectivity index (χ1v) is 7.15. The van der Waals surface area contributed by atoms with E-state index in [1.54, 1.807) is 7.11 Å². The van der Waals surface area contributed by atoms with Gasteiger partial charge in [0, 0.05) is 12.7 Å². The summed E-state index contributed by atoms with van der Waals surface area (Å²) in [5.41, 5.74) is 1.77. The summed E-state index contributed by atoms with van der Waals surface area (Å²) in [6.45, 7) is 2.02. The van der Waals surface area contributed by atoms with Crippen LogP contribution < -0.4 is 0 Å². The highest BCUT2D eigenvalue weighted by molar-refractivity contribution is 9.10. The Bertz CT molecular complexity index is 559. The van der Waals surface area contributed by atoms with Crippen LogP contribution in [0.4, 0.5) is 0 Å². The number of hydrogen-bond acceptors (Lipinski definition) is 3. The van der Waals surface area contributed by atoms with Gasteiger partial charge in [-0.05, 0) is 22.4 Å². The molecular weight excluding hydrogens is 328 g/mol. The van der Waals surface area contributed by atoms with E-state index in [9.17, 15) is 0 Å². The predicted octanol–water partition coefficient (Wildman–Crippen LogP) is 4.66. The monoisotopic (exact) mass is 340 g/mol. The van der Waals surface area contributed by atoms with Crippen molar-refractivity contribution in [2.45, 2.75) is 19.4 Å². The molecule has 1 atom stereocenters. The van der Waals surface area contributed by atoms with E-state index in [0.717, 1.165) is 17.7 Å². The van der Waals surface area contributed by atoms with Crippen molar-refractivity contribution >= 4 is 27.5 Å². The molecule has 0 aliphatic carbocycles. The van der Waals surface area contributed by atoms with Gasteiger partial charge in [-0.1, -0.05) is 48.9 Å². The van der Waals surface area contributed by atoms with Gasteiger partial charge in [0.15, 0.2) is 5.82 Å². The molecule has 1 heterocycles. The SMILES string of the molecule is CCC(OC)c1nc(Cl)c(Br)c(-c2ccccc2)n1. The number of methoxy groups -OCH3 is 1. The molecule has 0 N–H and O–H groups in total. The molecule has 0 fully saturated rings. The van der Waals surface area contributed by atoms with Crippen molar-refractivity contribution in [3.05, 3.63) is 45.8 Å². The number of ether oxygens (including phenoxy) is 1. The van der Waals surface area contributed by atoms with Gasteiger partial charge < -0.3 is 4.74 Å². The minimum atomic E-state index is -0.145. The Morgan fingerprint density at radius 2 is 1.95 bits per heavy atom. The maximum absolute atomic E-state index is 6.17. The summed E-state index contributed by atoms with van der Waals surface area (Å²) in [5.74, 6) is 0.608. The van der Waals surface area contributed by atoms with Crippen LogP contribution in [0.2, 0.25) is 5.15 Å². The van der Waals surface area contributed by atoms with E-state index in [1.165, 1.54) is 0 Å². The van der Waals surface area contributed by atoms with E-state index < -0.39 is 0 Å². The third kappa shape index (κ3) is 3.14. The molecule has 19 heavy (non-hydrogen) atoms. The number of aromatic nitrogens is 2. The summed E-state index contributed by atoms with van der Waals surface area (Å²) in [6, 6.07) is 9.86. The van der Waals surface area contributed by atoms with Crippen molar-refractivity contribution in [3.8, 4) is 11.3 Å². The smallest absolute Gasteiger partial charge is 0.159 e. The van der Waals surface area contributed by atoms with Gasteiger partial charge in [-0.2, -0.15) is 0 Å². The summed E-state index contributed by atoms with van der Waals surface area (Å²) in [6.07, 6.45) is 0.649. The van der Waals surface area contributed by atoms with Crippen molar-refractivity contribution in [1.82, 2.24) is 9.97 Å². The second kappa shape index (κ2) is 6.46. The number of nitrogens with zero attached hydrogens (tertiary/aromatic N) is 2. The molecule has 0 radical (unpaired) electrons. The summed E-state index contributed by atoms with van der Waals surface area (Å²) < 4.78 is 6.08. The first kappa shape index (κ1) is 14.4. The van der Waals surface area contributed by atoms with E-state index in [1.807, 2.05) is 37.3 Å². The normalized spacial score (nSPS) is 12.4. The van der Waals surface area contributed by atoms with Crippen LogP contribution in [-0.4, -0.2) is 17.1 Å². The van der Waals surface area contributed by atoms with E-state index in [2.05, 4.69) is 25.9 Å². The van der Waals surface area contributed by atoms with E-state index in [4.69, 9.17) is 16.3 Å². The molecule has 0 saturated heterocycles. The van der Waals surface area contributed by atoms with Crippen molar-refractivity contribution in [2.75, 3.05) is 7.11 Å². The quantitative estimate of drug-likeness (QED) is 0.759. The maximum atomic E-state index is 6.17. The molecule has 0 aliphatic heterocycles. The number of halogens is 2. The fourth-order valence-corrected chi connectivity index (χ4v) is 2.40. The van der Waals surface area contributed by atoms with Gasteiger partial charge in [-0.3, -0.25) is 0 Å². The lowest BCUT2D eigenvalue weighted by Crippen LogP contribution is -2.07. The zero-order valence-corrected chi connectivity index (χ0v) is 13.1. The van der Waals surface area contributed by atoms with Crippen LogP contribution in [0.1, 0.15) is 25.3 Å². The number of benzene rings is 1. The van der Waals surface area contributed by atoms with Gasteiger partial charge in [0.1, 0.15) is 11.3 Å². The van der Waals surface area contributed by atoms with Crippen LogP contribution in [0, 0.1) is 0 Å². The molecule has 1 unspecified atom stereocenters. The van der Waals surface area contributed by atoms with Crippen LogP contribution in [0.5, 0.6) is 0 Å². The minimum absolute atomic E-state index is 0.145. The first-order chi connectivity index (χ1) is 9.17. The number of hydrogen-bond donors (Lipinski definition) is 0. The van der Waals surface area contributed by atoms with E-state index in [0.29, 0.717) is 15.5 Å². The molecule has 1 aromatic carbocycles. The summed E-state index contributed by atoms with van der Waals surface area (Å²) in [7, 11) is 1.65. The van der Waals surface area contributed by atoms with E-state index >= 15 is 0 Å². The molecular formula is C14H14BrClN2O. The molecule has 1 aromatic heterocycles. The van der Waals surface area contributed by atoms with Gasteiger partial charge in [0.25, 0.3) is 0 Å². The average Bonchev–Trinajstić information content (AvgIpc) is 2.44. The maximum Gasteiger partial charge on any atom is 0.159 e. The Morgan fingerprint density at radius 1 is 1.26 bits per heavy atom.